The van der Waals surface area contributed by atoms with Crippen LogP contribution in [0.1, 0.15) is 34.0 Å². The molecular weight excluding hydrogens is 276 g/mol. The number of aryl methyl sites for hydroxylation is 1. The number of hydrogen-bond acceptors (Lipinski definition) is 3. The van der Waals surface area contributed by atoms with E-state index in [1.165, 1.54) is 17.4 Å². The molecule has 0 fully saturated rings. The standard InChI is InChI=1S/C18H18N2S/c1-5-14-15-8-7-12(3)20-18(15)21-17(14)13(4)16-9-6-11(2)10-19-16/h5-9,19H,1,4,10H2,2-3H3/i2D3,3D3,6D,9D. The van der Waals surface area contributed by atoms with E-state index in [1.807, 2.05) is 0 Å². The van der Waals surface area contributed by atoms with Crippen LogP contribution in [0.4, 0.5) is 0 Å². The number of nitrogens with zero attached hydrogens (tertiary/aromatic N) is 1. The lowest BCUT2D eigenvalue weighted by molar-refractivity contribution is 0.885. The van der Waals surface area contributed by atoms with E-state index in [1.54, 1.807) is 12.1 Å². The quantitative estimate of drug-likeness (QED) is 0.889. The topological polar surface area (TPSA) is 24.9 Å². The van der Waals surface area contributed by atoms with Crippen LogP contribution in [-0.4, -0.2) is 11.5 Å². The summed E-state index contributed by atoms with van der Waals surface area (Å²) in [5, 5.41) is 3.61. The lowest BCUT2D eigenvalue weighted by Gasteiger charge is -2.17. The van der Waals surface area contributed by atoms with Crippen molar-refractivity contribution in [2.45, 2.75) is 13.7 Å². The second-order valence-corrected chi connectivity index (χ2v) is 5.53. The summed E-state index contributed by atoms with van der Waals surface area (Å²) >= 11 is 1.21. The van der Waals surface area contributed by atoms with Gasteiger partial charge in [0, 0.05) is 47.6 Å². The first-order chi connectivity index (χ1) is 13.4. The fourth-order valence-electron chi connectivity index (χ4n) is 2.12. The zero-order chi connectivity index (χ0) is 21.7. The van der Waals surface area contributed by atoms with E-state index in [9.17, 15) is 0 Å². The Hall–Kier alpha value is -2.13. The molecule has 0 saturated carbocycles. The van der Waals surface area contributed by atoms with Gasteiger partial charge in [0.2, 0.25) is 0 Å². The Morgan fingerprint density at radius 3 is 3.14 bits per heavy atom. The van der Waals surface area contributed by atoms with Crippen molar-refractivity contribution in [1.82, 2.24) is 10.3 Å². The molecule has 1 aliphatic rings. The third kappa shape index (κ3) is 2.45. The average Bonchev–Trinajstić information content (AvgIpc) is 2.99. The van der Waals surface area contributed by atoms with E-state index in [4.69, 9.17) is 11.0 Å². The van der Waals surface area contributed by atoms with Crippen molar-refractivity contribution in [3.05, 3.63) is 64.8 Å². The van der Waals surface area contributed by atoms with E-state index >= 15 is 0 Å². The van der Waals surface area contributed by atoms with E-state index < -0.39 is 13.7 Å². The first-order valence-electron chi connectivity index (χ1n) is 10.3. The Kier molecular flexibility index (Phi) is 1.84. The van der Waals surface area contributed by atoms with Crippen molar-refractivity contribution in [2.75, 3.05) is 6.54 Å². The lowest BCUT2D eigenvalue weighted by atomic mass is 10.0. The highest BCUT2D eigenvalue weighted by Crippen LogP contribution is 2.37. The first kappa shape index (κ1) is 7.23. The molecule has 1 N–H and O–H groups in total. The summed E-state index contributed by atoms with van der Waals surface area (Å²) in [4.78, 5) is 5.37. The molecule has 0 amide bonds. The summed E-state index contributed by atoms with van der Waals surface area (Å²) in [7, 11) is 0. The number of fused-ring (bicyclic) bond motifs is 1. The molecule has 3 rings (SSSR count). The zero-order valence-corrected chi connectivity index (χ0v) is 12.0. The SMILES string of the molecule is [2H]C1=C(C(=C)c2sc3nc(C([2H])([2H])[2H])ccc3c2C=C)NCC(C([2H])([2H])[2H])=C1[2H]. The minimum Gasteiger partial charge on any atom is -0.381 e. The molecule has 3 heterocycles. The van der Waals surface area contributed by atoms with Gasteiger partial charge in [-0.1, -0.05) is 30.9 Å². The minimum atomic E-state index is -2.46. The molecule has 0 aliphatic carbocycles. The molecule has 3 heteroatoms. The Morgan fingerprint density at radius 1 is 1.48 bits per heavy atom. The predicted octanol–water partition coefficient (Wildman–Crippen LogP) is 4.69. The maximum atomic E-state index is 8.25. The number of hydrogen-bond donors (Lipinski definition) is 1. The van der Waals surface area contributed by atoms with Crippen molar-refractivity contribution >= 4 is 33.2 Å². The maximum Gasteiger partial charge on any atom is 0.124 e. The van der Waals surface area contributed by atoms with E-state index in [0.717, 1.165) is 0 Å². The number of rotatable bonds is 3. The zero-order valence-electron chi connectivity index (χ0n) is 19.2. The van der Waals surface area contributed by atoms with Crippen LogP contribution in [-0.2, 0) is 0 Å². The summed E-state index contributed by atoms with van der Waals surface area (Å²) in [6, 6.07) is 2.52. The minimum absolute atomic E-state index is 0.0195. The molecule has 2 aromatic heterocycles. The monoisotopic (exact) mass is 302 g/mol. The number of pyridine rings is 1. The van der Waals surface area contributed by atoms with Gasteiger partial charge in [0.25, 0.3) is 0 Å². The average molecular weight is 302 g/mol. The molecule has 21 heavy (non-hydrogen) atoms. The van der Waals surface area contributed by atoms with Crippen LogP contribution in [0.5, 0.6) is 0 Å². The van der Waals surface area contributed by atoms with Crippen molar-refractivity contribution in [3.8, 4) is 0 Å². The maximum absolute atomic E-state index is 8.25. The summed E-state index contributed by atoms with van der Waals surface area (Å²) in [5.74, 6) is 0. The molecule has 0 atom stereocenters. The Morgan fingerprint density at radius 2 is 2.38 bits per heavy atom. The van der Waals surface area contributed by atoms with Crippen molar-refractivity contribution in [3.63, 3.8) is 0 Å². The van der Waals surface area contributed by atoms with Crippen molar-refractivity contribution < 1.29 is 11.0 Å². The number of dihydropyridines is 1. The molecule has 106 valence electrons. The molecule has 0 spiro atoms. The van der Waals surface area contributed by atoms with E-state index in [2.05, 4.69) is 23.5 Å². The molecule has 0 aromatic carbocycles. The second kappa shape index (κ2) is 5.34. The molecule has 2 aromatic rings. The van der Waals surface area contributed by atoms with Gasteiger partial charge in [0.1, 0.15) is 4.83 Å². The van der Waals surface area contributed by atoms with Crippen LogP contribution < -0.4 is 5.32 Å². The molecule has 2 nitrogen and oxygen atoms in total. The third-order valence-corrected chi connectivity index (χ3v) is 4.33. The van der Waals surface area contributed by atoms with Gasteiger partial charge >= 0.3 is 0 Å². The van der Waals surface area contributed by atoms with Crippen LogP contribution in [0.3, 0.4) is 0 Å². The fraction of sp³-hybridized carbons (Fsp3) is 0.167. The van der Waals surface area contributed by atoms with Crippen LogP contribution >= 0.6 is 11.3 Å². The third-order valence-electron chi connectivity index (χ3n) is 3.15. The van der Waals surface area contributed by atoms with Crippen LogP contribution in [0.25, 0.3) is 21.9 Å². The highest BCUT2D eigenvalue weighted by Gasteiger charge is 2.16. The number of allylic oxidation sites excluding steroid dienone is 3. The van der Waals surface area contributed by atoms with Crippen molar-refractivity contribution in [1.29, 1.82) is 0 Å². The largest absolute Gasteiger partial charge is 0.381 e. The van der Waals surface area contributed by atoms with E-state index in [-0.39, 0.29) is 35.6 Å². The van der Waals surface area contributed by atoms with Crippen LogP contribution in [0.2, 0.25) is 0 Å². The Balaban J connectivity index is 2.13. The second-order valence-electron chi connectivity index (χ2n) is 4.53. The number of aromatic nitrogens is 1. The molecule has 1 aliphatic heterocycles. The molecule has 0 bridgehead atoms. The highest BCUT2D eigenvalue weighted by molar-refractivity contribution is 7.20. The van der Waals surface area contributed by atoms with Gasteiger partial charge in [0.05, 0.1) is 2.74 Å². The van der Waals surface area contributed by atoms with Gasteiger partial charge in [-0.3, -0.25) is 0 Å². The van der Waals surface area contributed by atoms with Gasteiger partial charge in [-0.05, 0) is 31.9 Å². The summed E-state index contributed by atoms with van der Waals surface area (Å²) in [6.45, 7) is 2.98. The van der Waals surface area contributed by atoms with Gasteiger partial charge in [-0.25, -0.2) is 4.98 Å². The van der Waals surface area contributed by atoms with Gasteiger partial charge in [0.15, 0.2) is 0 Å². The Bertz CT molecular complexity index is 1090. The van der Waals surface area contributed by atoms with Gasteiger partial charge < -0.3 is 5.32 Å². The number of thiophene rings is 1. The fourth-order valence-corrected chi connectivity index (χ4v) is 3.28. The van der Waals surface area contributed by atoms with Crippen LogP contribution in [0, 0.1) is 6.85 Å². The van der Waals surface area contributed by atoms with Gasteiger partial charge in [-0.15, -0.1) is 11.3 Å². The van der Waals surface area contributed by atoms with E-state index in [0.29, 0.717) is 26.2 Å². The molecule has 0 unspecified atom stereocenters. The normalized spacial score (nSPS) is 22.1. The molecular formula is C18H18N2S. The summed E-state index contributed by atoms with van der Waals surface area (Å²) in [6.07, 6.45) is 1.61. The van der Waals surface area contributed by atoms with Crippen molar-refractivity contribution in [2.24, 2.45) is 0 Å². The Labute approximate surface area is 140 Å². The first-order valence-corrected chi connectivity index (χ1v) is 7.09. The highest BCUT2D eigenvalue weighted by atomic mass is 32.1. The van der Waals surface area contributed by atoms with Crippen LogP contribution in [0.15, 0.2) is 48.7 Å². The van der Waals surface area contributed by atoms with Gasteiger partial charge in [-0.2, -0.15) is 0 Å². The molecule has 0 radical (unpaired) electrons. The number of nitrogens with one attached hydrogen (secondary N) is 1. The smallest absolute Gasteiger partial charge is 0.124 e. The molecule has 0 saturated heterocycles. The predicted molar refractivity (Wildman–Crippen MR) is 93.3 cm³/mol. The summed E-state index contributed by atoms with van der Waals surface area (Å²) < 4.78 is 61.5. The summed E-state index contributed by atoms with van der Waals surface area (Å²) in [5.41, 5.74) is 1.21. The lowest BCUT2D eigenvalue weighted by Crippen LogP contribution is -2.19.